The van der Waals surface area contributed by atoms with E-state index < -0.39 is 4.92 Å². The molecule has 0 spiro atoms. The van der Waals surface area contributed by atoms with E-state index >= 15 is 0 Å². The summed E-state index contributed by atoms with van der Waals surface area (Å²) in [5.74, 6) is 5.59. The SMILES string of the molecule is CCN(CCCO)c1nc(NN)nc(C)c1[N+](=O)[O-]. The third-order valence-corrected chi connectivity index (χ3v) is 2.62. The standard InChI is InChI=1S/C10H18N6O3/c1-3-15(5-4-6-17)9-8(16(18)19)7(2)12-10(13-9)14-11/h17H,3-6,11H2,1-2H3,(H,12,13,14). The minimum Gasteiger partial charge on any atom is -0.396 e. The van der Waals surface area contributed by atoms with Crippen LogP contribution in [0, 0.1) is 17.0 Å². The summed E-state index contributed by atoms with van der Waals surface area (Å²) in [4.78, 5) is 20.3. The summed E-state index contributed by atoms with van der Waals surface area (Å²) in [5.41, 5.74) is 2.39. The molecule has 0 aromatic carbocycles. The van der Waals surface area contributed by atoms with E-state index in [2.05, 4.69) is 15.4 Å². The van der Waals surface area contributed by atoms with Gasteiger partial charge in [0.15, 0.2) is 0 Å². The van der Waals surface area contributed by atoms with Gasteiger partial charge in [-0.05, 0) is 20.3 Å². The molecule has 19 heavy (non-hydrogen) atoms. The van der Waals surface area contributed by atoms with Crippen molar-refractivity contribution in [2.24, 2.45) is 5.84 Å². The number of aromatic nitrogens is 2. The Kier molecular flexibility index (Phi) is 5.39. The second-order valence-corrected chi connectivity index (χ2v) is 3.86. The first-order valence-electron chi connectivity index (χ1n) is 5.90. The molecule has 0 amide bonds. The van der Waals surface area contributed by atoms with E-state index in [0.29, 0.717) is 19.5 Å². The predicted octanol–water partition coefficient (Wildman–Crippen LogP) is 0.188. The number of hydrazine groups is 1. The zero-order chi connectivity index (χ0) is 14.4. The molecule has 0 bridgehead atoms. The maximum atomic E-state index is 11.1. The molecule has 4 N–H and O–H groups in total. The highest BCUT2D eigenvalue weighted by Gasteiger charge is 2.25. The van der Waals surface area contributed by atoms with E-state index in [-0.39, 0.29) is 29.8 Å². The van der Waals surface area contributed by atoms with Crippen LogP contribution in [-0.2, 0) is 0 Å². The maximum Gasteiger partial charge on any atom is 0.332 e. The fourth-order valence-electron chi connectivity index (χ4n) is 1.73. The molecule has 0 saturated heterocycles. The van der Waals surface area contributed by atoms with E-state index in [1.54, 1.807) is 4.90 Å². The molecule has 0 radical (unpaired) electrons. The number of nitrogens with two attached hydrogens (primary N) is 1. The number of hydrogen-bond acceptors (Lipinski definition) is 8. The van der Waals surface area contributed by atoms with Crippen LogP contribution in [0.4, 0.5) is 17.5 Å². The Morgan fingerprint density at radius 3 is 2.68 bits per heavy atom. The highest BCUT2D eigenvalue weighted by atomic mass is 16.6. The second kappa shape index (κ2) is 6.81. The van der Waals surface area contributed by atoms with Crippen LogP contribution in [0.3, 0.4) is 0 Å². The lowest BCUT2D eigenvalue weighted by atomic mass is 10.3. The Balaban J connectivity index is 3.27. The van der Waals surface area contributed by atoms with Crippen LogP contribution in [0.15, 0.2) is 0 Å². The molecule has 0 unspecified atom stereocenters. The molecular formula is C10H18N6O3. The first kappa shape index (κ1) is 15.1. The van der Waals surface area contributed by atoms with Crippen LogP contribution < -0.4 is 16.2 Å². The van der Waals surface area contributed by atoms with Gasteiger partial charge in [-0.25, -0.2) is 10.8 Å². The van der Waals surface area contributed by atoms with Gasteiger partial charge in [0.1, 0.15) is 5.69 Å². The Morgan fingerprint density at radius 2 is 2.21 bits per heavy atom. The summed E-state index contributed by atoms with van der Waals surface area (Å²) < 4.78 is 0. The van der Waals surface area contributed by atoms with Gasteiger partial charge >= 0.3 is 5.69 Å². The Hall–Kier alpha value is -2.00. The van der Waals surface area contributed by atoms with Gasteiger partial charge in [0, 0.05) is 19.7 Å². The quantitative estimate of drug-likeness (QED) is 0.363. The summed E-state index contributed by atoms with van der Waals surface area (Å²) in [6.45, 7) is 4.39. The third-order valence-electron chi connectivity index (χ3n) is 2.62. The van der Waals surface area contributed by atoms with Crippen LogP contribution in [0.2, 0.25) is 0 Å². The lowest BCUT2D eigenvalue weighted by Gasteiger charge is -2.22. The Labute approximate surface area is 110 Å². The van der Waals surface area contributed by atoms with Crippen molar-refractivity contribution in [2.45, 2.75) is 20.3 Å². The van der Waals surface area contributed by atoms with Crippen molar-refractivity contribution in [1.82, 2.24) is 9.97 Å². The first-order valence-corrected chi connectivity index (χ1v) is 5.90. The van der Waals surface area contributed by atoms with Gasteiger partial charge in [0.05, 0.1) is 4.92 Å². The van der Waals surface area contributed by atoms with Crippen molar-refractivity contribution in [3.8, 4) is 0 Å². The van der Waals surface area contributed by atoms with E-state index in [0.717, 1.165) is 0 Å². The van der Waals surface area contributed by atoms with Crippen LogP contribution in [0.25, 0.3) is 0 Å². The van der Waals surface area contributed by atoms with Gasteiger partial charge in [-0.2, -0.15) is 4.98 Å². The lowest BCUT2D eigenvalue weighted by Crippen LogP contribution is -2.27. The smallest absolute Gasteiger partial charge is 0.332 e. The summed E-state index contributed by atoms with van der Waals surface area (Å²) in [6.07, 6.45) is 0.499. The number of aryl methyl sites for hydroxylation is 1. The van der Waals surface area contributed by atoms with Gasteiger partial charge < -0.3 is 10.0 Å². The van der Waals surface area contributed by atoms with Crippen LogP contribution in [-0.4, -0.2) is 39.7 Å². The van der Waals surface area contributed by atoms with E-state index in [1.165, 1.54) is 6.92 Å². The normalized spacial score (nSPS) is 10.3. The van der Waals surface area contributed by atoms with E-state index in [4.69, 9.17) is 10.9 Å². The number of aliphatic hydroxyl groups excluding tert-OH is 1. The molecule has 0 aliphatic rings. The molecule has 0 aliphatic heterocycles. The molecule has 106 valence electrons. The topological polar surface area (TPSA) is 130 Å². The molecule has 1 aromatic rings. The molecule has 1 rings (SSSR count). The van der Waals surface area contributed by atoms with E-state index in [9.17, 15) is 10.1 Å². The van der Waals surface area contributed by atoms with Crippen molar-refractivity contribution in [1.29, 1.82) is 0 Å². The number of anilines is 2. The van der Waals surface area contributed by atoms with Gasteiger partial charge in [-0.15, -0.1) is 0 Å². The zero-order valence-electron chi connectivity index (χ0n) is 11.0. The lowest BCUT2D eigenvalue weighted by molar-refractivity contribution is -0.385. The molecule has 9 heteroatoms. The van der Waals surface area contributed by atoms with Gasteiger partial charge in [0.2, 0.25) is 11.8 Å². The number of nitrogens with zero attached hydrogens (tertiary/aromatic N) is 4. The van der Waals surface area contributed by atoms with Crippen molar-refractivity contribution in [2.75, 3.05) is 30.0 Å². The first-order chi connectivity index (χ1) is 9.04. The molecular weight excluding hydrogens is 252 g/mol. The van der Waals surface area contributed by atoms with Crippen LogP contribution >= 0.6 is 0 Å². The third kappa shape index (κ3) is 3.48. The fourth-order valence-corrected chi connectivity index (χ4v) is 1.73. The number of hydrogen-bond donors (Lipinski definition) is 3. The largest absolute Gasteiger partial charge is 0.396 e. The van der Waals surface area contributed by atoms with Gasteiger partial charge in [-0.1, -0.05) is 0 Å². The minimum absolute atomic E-state index is 0.0103. The highest BCUT2D eigenvalue weighted by Crippen LogP contribution is 2.29. The molecule has 0 saturated carbocycles. The molecule has 0 aliphatic carbocycles. The zero-order valence-corrected chi connectivity index (χ0v) is 11.0. The number of rotatable bonds is 7. The molecule has 1 heterocycles. The Bertz CT molecular complexity index is 453. The van der Waals surface area contributed by atoms with Crippen molar-refractivity contribution < 1.29 is 10.0 Å². The predicted molar refractivity (Wildman–Crippen MR) is 70.8 cm³/mol. The van der Waals surface area contributed by atoms with Crippen molar-refractivity contribution in [3.05, 3.63) is 15.8 Å². The van der Waals surface area contributed by atoms with Crippen LogP contribution in [0.1, 0.15) is 19.0 Å². The minimum atomic E-state index is -0.507. The number of nitrogens with one attached hydrogen (secondary N) is 1. The van der Waals surface area contributed by atoms with Crippen LogP contribution in [0.5, 0.6) is 0 Å². The second-order valence-electron chi connectivity index (χ2n) is 3.86. The maximum absolute atomic E-state index is 11.1. The molecule has 9 nitrogen and oxygen atoms in total. The number of aliphatic hydroxyl groups is 1. The average molecular weight is 270 g/mol. The number of nitro groups is 1. The van der Waals surface area contributed by atoms with Gasteiger partial charge in [-0.3, -0.25) is 15.5 Å². The van der Waals surface area contributed by atoms with Crippen molar-refractivity contribution >= 4 is 17.5 Å². The van der Waals surface area contributed by atoms with E-state index in [1.807, 2.05) is 6.92 Å². The summed E-state index contributed by atoms with van der Waals surface area (Å²) in [5, 5.41) is 20.0. The molecule has 1 aromatic heterocycles. The fraction of sp³-hybridized carbons (Fsp3) is 0.600. The molecule has 0 fully saturated rings. The summed E-state index contributed by atoms with van der Waals surface area (Å²) in [6, 6.07) is 0. The summed E-state index contributed by atoms with van der Waals surface area (Å²) >= 11 is 0. The summed E-state index contributed by atoms with van der Waals surface area (Å²) in [7, 11) is 0. The van der Waals surface area contributed by atoms with Gasteiger partial charge in [0.25, 0.3) is 0 Å². The molecule has 0 atom stereocenters. The highest BCUT2D eigenvalue weighted by molar-refractivity contribution is 5.62. The number of nitrogen functional groups attached to an aromatic ring is 1. The monoisotopic (exact) mass is 270 g/mol. The average Bonchev–Trinajstić information content (AvgIpc) is 2.38. The Morgan fingerprint density at radius 1 is 1.53 bits per heavy atom. The van der Waals surface area contributed by atoms with Crippen molar-refractivity contribution in [3.63, 3.8) is 0 Å².